The minimum atomic E-state index is -0.619. The first-order valence-electron chi connectivity index (χ1n) is 4.59. The summed E-state index contributed by atoms with van der Waals surface area (Å²) in [6.07, 6.45) is 0.296. The highest BCUT2D eigenvalue weighted by molar-refractivity contribution is 5.94. The Labute approximate surface area is 90.1 Å². The van der Waals surface area contributed by atoms with Crippen molar-refractivity contribution in [1.29, 1.82) is 0 Å². The van der Waals surface area contributed by atoms with E-state index in [0.29, 0.717) is 23.4 Å². The molecule has 2 rings (SSSR count). The quantitative estimate of drug-likeness (QED) is 0.761. The largest absolute Gasteiger partial charge is 0.438 e. The first-order valence-corrected chi connectivity index (χ1v) is 4.59. The molecule has 0 aliphatic heterocycles. The first kappa shape index (κ1) is 10.2. The summed E-state index contributed by atoms with van der Waals surface area (Å²) in [4.78, 5) is 24.3. The third-order valence-electron chi connectivity index (χ3n) is 2.13. The Balaban J connectivity index is 2.34. The maximum atomic E-state index is 11.1. The average Bonchev–Trinajstić information content (AvgIpc) is 2.64. The van der Waals surface area contributed by atoms with Gasteiger partial charge in [-0.15, -0.1) is 0 Å². The molecule has 0 saturated heterocycles. The smallest absolute Gasteiger partial charge is 0.366 e. The molecule has 0 spiro atoms. The van der Waals surface area contributed by atoms with Gasteiger partial charge in [-0.1, -0.05) is 23.4 Å². The van der Waals surface area contributed by atoms with Crippen LogP contribution in [0.2, 0.25) is 0 Å². The molecule has 6 heteroatoms. The fourth-order valence-corrected chi connectivity index (χ4v) is 1.43. The third-order valence-corrected chi connectivity index (χ3v) is 2.13. The van der Waals surface area contributed by atoms with E-state index in [1.165, 1.54) is 0 Å². The van der Waals surface area contributed by atoms with Gasteiger partial charge in [0.2, 0.25) is 5.91 Å². The zero-order chi connectivity index (χ0) is 11.5. The second kappa shape index (κ2) is 4.01. The van der Waals surface area contributed by atoms with Crippen LogP contribution in [-0.4, -0.2) is 16.0 Å². The number of amides is 1. The van der Waals surface area contributed by atoms with Crippen LogP contribution in [0.15, 0.2) is 33.6 Å². The molecule has 0 aliphatic rings. The first-order chi connectivity index (χ1) is 7.66. The number of benzene rings is 1. The highest BCUT2D eigenvalue weighted by Crippen LogP contribution is 2.10. The van der Waals surface area contributed by atoms with E-state index in [9.17, 15) is 9.59 Å². The molecule has 0 radical (unpaired) electrons. The molecule has 6 nitrogen and oxygen atoms in total. The minimum absolute atomic E-state index is 0.296. The molecule has 1 heterocycles. The lowest BCUT2D eigenvalue weighted by Gasteiger charge is -2.03. The predicted octanol–water partition coefficient (Wildman–Crippen LogP) is 0.0526. The van der Waals surface area contributed by atoms with Crippen LogP contribution in [0, 0.1) is 0 Å². The summed E-state index contributed by atoms with van der Waals surface area (Å²) in [6, 6.07) is 6.86. The van der Waals surface area contributed by atoms with Crippen molar-refractivity contribution >= 4 is 5.91 Å². The van der Waals surface area contributed by atoms with Crippen LogP contribution in [0.25, 0.3) is 0 Å². The third kappa shape index (κ3) is 2.00. The molecule has 82 valence electrons. The van der Waals surface area contributed by atoms with Crippen molar-refractivity contribution in [2.75, 3.05) is 0 Å². The number of H-pyrrole nitrogens is 1. The Bertz CT molecular complexity index is 570. The zero-order valence-corrected chi connectivity index (χ0v) is 8.27. The van der Waals surface area contributed by atoms with Gasteiger partial charge in [-0.3, -0.25) is 14.3 Å². The molecule has 1 aromatic carbocycles. The normalized spacial score (nSPS) is 10.2. The number of hydrogen-bond donors (Lipinski definition) is 2. The fraction of sp³-hybridized carbons (Fsp3) is 0.100. The van der Waals surface area contributed by atoms with Crippen LogP contribution in [0.1, 0.15) is 21.7 Å². The number of nitrogens with two attached hydrogens (primary N) is 1. The number of aromatic nitrogens is 2. The molecule has 0 atom stereocenters. The van der Waals surface area contributed by atoms with Crippen molar-refractivity contribution in [3.63, 3.8) is 0 Å². The summed E-state index contributed by atoms with van der Waals surface area (Å²) in [7, 11) is 0. The van der Waals surface area contributed by atoms with Gasteiger partial charge < -0.3 is 5.73 Å². The number of nitrogens with zero attached hydrogens (tertiary/aromatic N) is 1. The van der Waals surface area contributed by atoms with Gasteiger partial charge in [-0.2, -0.15) is 0 Å². The van der Waals surface area contributed by atoms with Crippen molar-refractivity contribution in [3.05, 3.63) is 51.8 Å². The molecule has 0 saturated carbocycles. The van der Waals surface area contributed by atoms with E-state index in [1.807, 2.05) is 0 Å². The van der Waals surface area contributed by atoms with Crippen LogP contribution < -0.4 is 11.5 Å². The van der Waals surface area contributed by atoms with E-state index < -0.39 is 11.7 Å². The number of primary amides is 1. The monoisotopic (exact) mass is 219 g/mol. The highest BCUT2D eigenvalue weighted by Gasteiger charge is 2.09. The van der Waals surface area contributed by atoms with E-state index in [0.717, 1.165) is 0 Å². The molecule has 0 fully saturated rings. The van der Waals surface area contributed by atoms with Crippen molar-refractivity contribution in [2.45, 2.75) is 6.42 Å². The van der Waals surface area contributed by atoms with Gasteiger partial charge >= 0.3 is 5.76 Å². The predicted molar refractivity (Wildman–Crippen MR) is 54.9 cm³/mol. The van der Waals surface area contributed by atoms with Gasteiger partial charge in [0.05, 0.1) is 0 Å². The van der Waals surface area contributed by atoms with Gasteiger partial charge in [0.1, 0.15) is 0 Å². The Morgan fingerprint density at radius 2 is 2.19 bits per heavy atom. The van der Waals surface area contributed by atoms with E-state index in [2.05, 4.69) is 14.7 Å². The molecule has 1 aromatic heterocycles. The lowest BCUT2D eigenvalue weighted by atomic mass is 10.0. The topological polar surface area (TPSA) is 102 Å². The molecule has 3 N–H and O–H groups in total. The molecule has 16 heavy (non-hydrogen) atoms. The van der Waals surface area contributed by atoms with Crippen LogP contribution >= 0.6 is 0 Å². The van der Waals surface area contributed by atoms with Crippen molar-refractivity contribution in [3.8, 4) is 0 Å². The fourth-order valence-electron chi connectivity index (χ4n) is 1.43. The van der Waals surface area contributed by atoms with Crippen LogP contribution in [0.4, 0.5) is 0 Å². The van der Waals surface area contributed by atoms with Crippen LogP contribution in [-0.2, 0) is 6.42 Å². The van der Waals surface area contributed by atoms with Crippen LogP contribution in [0.5, 0.6) is 0 Å². The molecule has 0 aliphatic carbocycles. The molecule has 0 bridgehead atoms. The molecule has 0 unspecified atom stereocenters. The maximum absolute atomic E-state index is 11.1. The minimum Gasteiger partial charge on any atom is -0.366 e. The number of carbonyl (C=O) groups is 1. The number of rotatable bonds is 3. The number of aromatic amines is 1. The Morgan fingerprint density at radius 3 is 2.81 bits per heavy atom. The number of carbonyl (C=O) groups excluding carboxylic acids is 1. The van der Waals surface area contributed by atoms with E-state index in [1.54, 1.807) is 24.3 Å². The van der Waals surface area contributed by atoms with Gasteiger partial charge in [0.15, 0.2) is 5.82 Å². The summed E-state index contributed by atoms with van der Waals surface area (Å²) >= 11 is 0. The zero-order valence-electron chi connectivity index (χ0n) is 8.27. The number of hydrogen-bond acceptors (Lipinski definition) is 4. The van der Waals surface area contributed by atoms with Gasteiger partial charge in [0, 0.05) is 12.0 Å². The summed E-state index contributed by atoms with van der Waals surface area (Å²) in [5.74, 6) is -0.772. The van der Waals surface area contributed by atoms with Crippen molar-refractivity contribution < 1.29 is 9.32 Å². The summed E-state index contributed by atoms with van der Waals surface area (Å²) in [5, 5.41) is 3.52. The van der Waals surface area contributed by atoms with Crippen molar-refractivity contribution in [1.82, 2.24) is 10.1 Å². The standard InChI is InChI=1S/C10H9N3O3/c11-9(14)7-4-2-1-3-6(7)5-8-12-10(15)16-13-8/h1-4H,5H2,(H2,11,14)(H,12,13,15). The summed E-state index contributed by atoms with van der Waals surface area (Å²) in [5.41, 5.74) is 6.32. The molecule has 1 amide bonds. The Hall–Kier alpha value is -2.37. The van der Waals surface area contributed by atoms with E-state index >= 15 is 0 Å². The summed E-state index contributed by atoms with van der Waals surface area (Å²) < 4.78 is 4.36. The van der Waals surface area contributed by atoms with E-state index in [-0.39, 0.29) is 0 Å². The lowest BCUT2D eigenvalue weighted by molar-refractivity contribution is 0.0999. The van der Waals surface area contributed by atoms with Crippen molar-refractivity contribution in [2.24, 2.45) is 5.73 Å². The summed E-state index contributed by atoms with van der Waals surface area (Å²) in [6.45, 7) is 0. The SMILES string of the molecule is NC(=O)c1ccccc1Cc1noc(=O)[nH]1. The molecular weight excluding hydrogens is 210 g/mol. The second-order valence-corrected chi connectivity index (χ2v) is 3.24. The maximum Gasteiger partial charge on any atom is 0.438 e. The Kier molecular flexibility index (Phi) is 2.55. The van der Waals surface area contributed by atoms with E-state index in [4.69, 9.17) is 5.73 Å². The average molecular weight is 219 g/mol. The Morgan fingerprint density at radius 1 is 1.44 bits per heavy atom. The van der Waals surface area contributed by atoms with Gasteiger partial charge in [-0.25, -0.2) is 4.79 Å². The van der Waals surface area contributed by atoms with Crippen LogP contribution in [0.3, 0.4) is 0 Å². The number of nitrogens with one attached hydrogen (secondary N) is 1. The van der Waals surface area contributed by atoms with Gasteiger partial charge in [-0.05, 0) is 11.6 Å². The lowest BCUT2D eigenvalue weighted by Crippen LogP contribution is -2.14. The highest BCUT2D eigenvalue weighted by atomic mass is 16.5. The second-order valence-electron chi connectivity index (χ2n) is 3.24. The van der Waals surface area contributed by atoms with Gasteiger partial charge in [0.25, 0.3) is 0 Å². The molecule has 2 aromatic rings. The molecular formula is C10H9N3O3.